The summed E-state index contributed by atoms with van der Waals surface area (Å²) in [5.41, 5.74) is 1.52. The van der Waals surface area contributed by atoms with Crippen molar-refractivity contribution >= 4 is 34.4 Å². The zero-order valence-electron chi connectivity index (χ0n) is 12.3. The summed E-state index contributed by atoms with van der Waals surface area (Å²) in [6, 6.07) is 9.55. The van der Waals surface area contributed by atoms with Crippen LogP contribution in [-0.2, 0) is 0 Å². The Hall–Kier alpha value is -1.75. The molecule has 2 aromatic rings. The maximum Gasteiger partial charge on any atom is 0.252 e. The number of nitrogens with zero attached hydrogens (tertiary/aromatic N) is 1. The maximum atomic E-state index is 12.5. The lowest BCUT2D eigenvalue weighted by Gasteiger charge is -2.14. The minimum Gasteiger partial charge on any atom is -0.373 e. The first-order valence-electron chi connectivity index (χ1n) is 7.08. The molecule has 5 heteroatoms. The largest absolute Gasteiger partial charge is 0.373 e. The van der Waals surface area contributed by atoms with Gasteiger partial charge >= 0.3 is 0 Å². The van der Waals surface area contributed by atoms with Crippen LogP contribution in [0.2, 0.25) is 0 Å². The average molecular weight is 301 g/mol. The number of thioether (sulfide) groups is 1. The number of amides is 1. The number of aromatic nitrogens is 1. The van der Waals surface area contributed by atoms with Crippen LogP contribution in [0.15, 0.2) is 30.3 Å². The number of anilines is 1. The predicted molar refractivity (Wildman–Crippen MR) is 89.1 cm³/mol. The Bertz CT molecular complexity index is 682. The topological polar surface area (TPSA) is 54.0 Å². The summed E-state index contributed by atoms with van der Waals surface area (Å²) in [6.07, 6.45) is 4.49. The summed E-state index contributed by atoms with van der Waals surface area (Å²) in [7, 11) is 1.81. The molecule has 0 bridgehead atoms. The number of benzene rings is 1. The molecule has 0 saturated heterocycles. The van der Waals surface area contributed by atoms with Crippen molar-refractivity contribution in [3.63, 3.8) is 0 Å². The van der Waals surface area contributed by atoms with Crippen LogP contribution in [0.1, 0.15) is 23.2 Å². The Balaban J connectivity index is 1.89. The van der Waals surface area contributed by atoms with E-state index in [9.17, 15) is 4.79 Å². The van der Waals surface area contributed by atoms with E-state index < -0.39 is 0 Å². The van der Waals surface area contributed by atoms with Gasteiger partial charge in [-0.1, -0.05) is 18.2 Å². The first-order valence-corrected chi connectivity index (χ1v) is 8.31. The average Bonchev–Trinajstić information content (AvgIpc) is 3.32. The fourth-order valence-electron chi connectivity index (χ4n) is 2.42. The van der Waals surface area contributed by atoms with Crippen LogP contribution >= 0.6 is 11.8 Å². The van der Waals surface area contributed by atoms with Crippen molar-refractivity contribution in [3.05, 3.63) is 35.9 Å². The molecule has 110 valence electrons. The number of carbonyl (C=O) groups excluding carboxylic acids is 1. The van der Waals surface area contributed by atoms with Gasteiger partial charge in [-0.05, 0) is 31.2 Å². The summed E-state index contributed by atoms with van der Waals surface area (Å²) < 4.78 is 0.268. The third-order valence-electron chi connectivity index (χ3n) is 4.03. The van der Waals surface area contributed by atoms with E-state index in [1.54, 1.807) is 0 Å². The molecule has 0 radical (unpaired) electrons. The molecule has 21 heavy (non-hydrogen) atoms. The van der Waals surface area contributed by atoms with E-state index in [0.717, 1.165) is 17.4 Å². The Morgan fingerprint density at radius 2 is 2.14 bits per heavy atom. The number of para-hydroxylation sites is 1. The fourth-order valence-corrected chi connectivity index (χ4v) is 3.15. The summed E-state index contributed by atoms with van der Waals surface area (Å²) >= 11 is 1.85. The van der Waals surface area contributed by atoms with Gasteiger partial charge in [0.1, 0.15) is 5.82 Å². The molecule has 3 rings (SSSR count). The Morgan fingerprint density at radius 1 is 1.38 bits per heavy atom. The second-order valence-electron chi connectivity index (χ2n) is 5.39. The number of nitrogens with one attached hydrogen (secondary N) is 2. The van der Waals surface area contributed by atoms with E-state index in [4.69, 9.17) is 0 Å². The van der Waals surface area contributed by atoms with Crippen LogP contribution in [0, 0.1) is 0 Å². The van der Waals surface area contributed by atoms with Gasteiger partial charge in [-0.2, -0.15) is 11.8 Å². The molecule has 1 aliphatic carbocycles. The van der Waals surface area contributed by atoms with Crippen molar-refractivity contribution in [2.45, 2.75) is 17.6 Å². The Morgan fingerprint density at radius 3 is 2.81 bits per heavy atom. The van der Waals surface area contributed by atoms with Crippen LogP contribution in [-0.4, -0.2) is 35.5 Å². The van der Waals surface area contributed by atoms with Crippen molar-refractivity contribution < 1.29 is 4.79 Å². The second kappa shape index (κ2) is 5.56. The second-order valence-corrected chi connectivity index (χ2v) is 6.67. The monoisotopic (exact) mass is 301 g/mol. The first kappa shape index (κ1) is 14.2. The lowest BCUT2D eigenvalue weighted by molar-refractivity contribution is 0.0954. The van der Waals surface area contributed by atoms with Crippen LogP contribution in [0.25, 0.3) is 10.9 Å². The molecule has 0 unspecified atom stereocenters. The van der Waals surface area contributed by atoms with E-state index >= 15 is 0 Å². The number of carbonyl (C=O) groups is 1. The van der Waals surface area contributed by atoms with Crippen LogP contribution in [0.3, 0.4) is 0 Å². The molecule has 1 aromatic heterocycles. The quantitative estimate of drug-likeness (QED) is 0.891. The molecule has 1 fully saturated rings. The molecule has 0 atom stereocenters. The summed E-state index contributed by atoms with van der Waals surface area (Å²) in [4.78, 5) is 17.0. The highest BCUT2D eigenvalue weighted by molar-refractivity contribution is 8.00. The van der Waals surface area contributed by atoms with Crippen LogP contribution < -0.4 is 10.6 Å². The van der Waals surface area contributed by atoms with Gasteiger partial charge < -0.3 is 10.6 Å². The minimum atomic E-state index is -0.0228. The number of rotatable bonds is 5. The minimum absolute atomic E-state index is 0.0228. The summed E-state index contributed by atoms with van der Waals surface area (Å²) in [6.45, 7) is 0.735. The number of pyridine rings is 1. The van der Waals surface area contributed by atoms with Crippen molar-refractivity contribution in [1.82, 2.24) is 10.3 Å². The summed E-state index contributed by atoms with van der Waals surface area (Å²) in [5, 5.41) is 6.99. The first-order chi connectivity index (χ1) is 10.2. The highest BCUT2D eigenvalue weighted by Gasteiger charge is 2.42. The SMILES string of the molecule is CNc1cc(C(=O)NCC2(SC)CC2)c2ccccc2n1. The normalized spacial score (nSPS) is 15.7. The third kappa shape index (κ3) is 2.83. The lowest BCUT2D eigenvalue weighted by atomic mass is 10.1. The van der Waals surface area contributed by atoms with Crippen LogP contribution in [0.4, 0.5) is 5.82 Å². The van der Waals surface area contributed by atoms with Crippen molar-refractivity contribution in [2.75, 3.05) is 25.2 Å². The molecule has 1 aliphatic rings. The lowest BCUT2D eigenvalue weighted by Crippen LogP contribution is -2.31. The molecule has 1 amide bonds. The van der Waals surface area contributed by atoms with Gasteiger partial charge in [0.25, 0.3) is 5.91 Å². The van der Waals surface area contributed by atoms with Gasteiger partial charge in [0.15, 0.2) is 0 Å². The zero-order valence-corrected chi connectivity index (χ0v) is 13.1. The molecular weight excluding hydrogens is 282 g/mol. The van der Waals surface area contributed by atoms with E-state index in [2.05, 4.69) is 21.9 Å². The smallest absolute Gasteiger partial charge is 0.252 e. The van der Waals surface area contributed by atoms with Crippen molar-refractivity contribution in [3.8, 4) is 0 Å². The standard InChI is InChI=1S/C16H19N3OS/c1-17-14-9-12(11-5-3-4-6-13(11)19-14)15(20)18-10-16(21-2)7-8-16/h3-6,9H,7-8,10H2,1-2H3,(H,17,19)(H,18,20). The van der Waals surface area contributed by atoms with Gasteiger partial charge in [0.05, 0.1) is 11.1 Å². The van der Waals surface area contributed by atoms with E-state index in [-0.39, 0.29) is 10.7 Å². The van der Waals surface area contributed by atoms with Gasteiger partial charge in [-0.3, -0.25) is 4.79 Å². The van der Waals surface area contributed by atoms with Crippen LogP contribution in [0.5, 0.6) is 0 Å². The van der Waals surface area contributed by atoms with Gasteiger partial charge in [-0.25, -0.2) is 4.98 Å². The van der Waals surface area contributed by atoms with Crippen molar-refractivity contribution in [1.29, 1.82) is 0 Å². The molecule has 1 saturated carbocycles. The number of hydrogen-bond acceptors (Lipinski definition) is 4. The highest BCUT2D eigenvalue weighted by Crippen LogP contribution is 2.46. The maximum absolute atomic E-state index is 12.5. The molecular formula is C16H19N3OS. The summed E-state index contributed by atoms with van der Waals surface area (Å²) in [5.74, 6) is 0.690. The predicted octanol–water partition coefficient (Wildman–Crippen LogP) is 2.90. The molecule has 4 nitrogen and oxygen atoms in total. The molecule has 1 heterocycles. The molecule has 2 N–H and O–H groups in total. The third-order valence-corrected chi connectivity index (χ3v) is 5.45. The molecule has 0 aliphatic heterocycles. The highest BCUT2D eigenvalue weighted by atomic mass is 32.2. The van der Waals surface area contributed by atoms with E-state index in [1.165, 1.54) is 12.8 Å². The van der Waals surface area contributed by atoms with Gasteiger partial charge in [0.2, 0.25) is 0 Å². The van der Waals surface area contributed by atoms with Crippen molar-refractivity contribution in [2.24, 2.45) is 0 Å². The van der Waals surface area contributed by atoms with E-state index in [1.807, 2.05) is 49.1 Å². The molecule has 1 aromatic carbocycles. The zero-order chi connectivity index (χ0) is 14.9. The Labute approximate surface area is 128 Å². The van der Waals surface area contributed by atoms with Gasteiger partial charge in [0, 0.05) is 23.7 Å². The Kier molecular flexibility index (Phi) is 3.76. The number of hydrogen-bond donors (Lipinski definition) is 2. The number of fused-ring (bicyclic) bond motifs is 1. The molecule has 0 spiro atoms. The fraction of sp³-hybridized carbons (Fsp3) is 0.375. The van der Waals surface area contributed by atoms with E-state index in [0.29, 0.717) is 11.4 Å². The van der Waals surface area contributed by atoms with Gasteiger partial charge in [-0.15, -0.1) is 0 Å².